The summed E-state index contributed by atoms with van der Waals surface area (Å²) in [5, 5.41) is 3.52. The molecule has 0 aliphatic heterocycles. The second-order valence-corrected chi connectivity index (χ2v) is 10.6. The van der Waals surface area contributed by atoms with Gasteiger partial charge in [-0.3, -0.25) is 4.98 Å². The van der Waals surface area contributed by atoms with E-state index in [1.165, 1.54) is 38.5 Å². The van der Waals surface area contributed by atoms with Gasteiger partial charge in [0.1, 0.15) is 0 Å². The van der Waals surface area contributed by atoms with E-state index >= 15 is 0 Å². The van der Waals surface area contributed by atoms with E-state index in [-0.39, 0.29) is 29.7 Å². The third-order valence-electron chi connectivity index (χ3n) is 6.29. The van der Waals surface area contributed by atoms with Crippen molar-refractivity contribution in [1.82, 2.24) is 9.38 Å². The zero-order valence-electron chi connectivity index (χ0n) is 20.2. The Bertz CT molecular complexity index is 1430. The Morgan fingerprint density at radius 3 is 2.16 bits per heavy atom. The number of nitrogens with zero attached hydrogens (tertiary/aromatic N) is 2. The van der Waals surface area contributed by atoms with Crippen molar-refractivity contribution < 1.29 is 18.9 Å². The number of rotatable bonds is 1. The van der Waals surface area contributed by atoms with Gasteiger partial charge in [-0.25, -0.2) is 0 Å². The van der Waals surface area contributed by atoms with Crippen LogP contribution in [0.2, 0.25) is 0 Å². The van der Waals surface area contributed by atoms with Gasteiger partial charge in [0.25, 0.3) is 0 Å². The van der Waals surface area contributed by atoms with Crippen molar-refractivity contribution in [2.75, 3.05) is 0 Å². The molecule has 156 valence electrons. The Morgan fingerprint density at radius 2 is 1.50 bits per heavy atom. The maximum Gasteiger partial charge on any atom is 1.00 e. The number of fused-ring (bicyclic) bond motifs is 6. The van der Waals surface area contributed by atoms with Gasteiger partial charge >= 0.3 is 18.9 Å². The van der Waals surface area contributed by atoms with Crippen LogP contribution in [0.1, 0.15) is 52.7 Å². The number of pyridine rings is 1. The number of imidazole rings is 1. The van der Waals surface area contributed by atoms with Crippen molar-refractivity contribution in [1.29, 1.82) is 0 Å². The van der Waals surface area contributed by atoms with Crippen molar-refractivity contribution in [2.24, 2.45) is 0 Å². The van der Waals surface area contributed by atoms with Gasteiger partial charge in [0, 0.05) is 23.5 Å². The number of benzene rings is 3. The van der Waals surface area contributed by atoms with Gasteiger partial charge in [0.2, 0.25) is 0 Å². The van der Waals surface area contributed by atoms with E-state index < -0.39 is 0 Å². The smallest absolute Gasteiger partial charge is 0.340 e. The zero-order valence-corrected chi connectivity index (χ0v) is 20.2. The molecular formula is C29H29LiN2. The van der Waals surface area contributed by atoms with Crippen molar-refractivity contribution >= 4 is 27.3 Å². The molecule has 0 saturated carbocycles. The van der Waals surface area contributed by atoms with Crippen molar-refractivity contribution in [3.8, 4) is 11.1 Å². The summed E-state index contributed by atoms with van der Waals surface area (Å²) in [7, 11) is 0. The summed E-state index contributed by atoms with van der Waals surface area (Å²) in [5.74, 6) is 0. The summed E-state index contributed by atoms with van der Waals surface area (Å²) in [6, 6.07) is 23.5. The fourth-order valence-electron chi connectivity index (χ4n) is 4.42. The molecule has 0 amide bonds. The van der Waals surface area contributed by atoms with E-state index in [1.54, 1.807) is 0 Å². The first-order valence-corrected chi connectivity index (χ1v) is 11.0. The van der Waals surface area contributed by atoms with Crippen LogP contribution in [-0.4, -0.2) is 9.38 Å². The van der Waals surface area contributed by atoms with Crippen LogP contribution in [0.15, 0.2) is 67.0 Å². The SMILES string of the molecule is CC(C)(C)c1ccc(-c2cc(C(C)(C)C)cc3c4ccc[c-]c4c4nccn4c23)cc1.[Li+]. The summed E-state index contributed by atoms with van der Waals surface area (Å²) >= 11 is 0. The molecular weight excluding hydrogens is 383 g/mol. The minimum atomic E-state index is 0. The fourth-order valence-corrected chi connectivity index (χ4v) is 4.42. The molecule has 0 fully saturated rings. The topological polar surface area (TPSA) is 17.3 Å². The average molecular weight is 413 g/mol. The van der Waals surface area contributed by atoms with Gasteiger partial charge in [-0.05, 0) is 39.0 Å². The first kappa shape index (κ1) is 22.7. The molecule has 0 bridgehead atoms. The van der Waals surface area contributed by atoms with Crippen molar-refractivity contribution in [3.63, 3.8) is 0 Å². The van der Waals surface area contributed by atoms with Gasteiger partial charge in [-0.15, -0.1) is 29.7 Å². The van der Waals surface area contributed by atoms with Gasteiger partial charge in [-0.1, -0.05) is 77.3 Å². The number of aromatic nitrogens is 2. The summed E-state index contributed by atoms with van der Waals surface area (Å²) in [5.41, 5.74) is 7.51. The quantitative estimate of drug-likeness (QED) is 0.221. The second-order valence-electron chi connectivity index (χ2n) is 10.6. The predicted octanol–water partition coefficient (Wildman–Crippen LogP) is 4.71. The zero-order chi connectivity index (χ0) is 22.0. The molecule has 5 rings (SSSR count). The molecule has 0 unspecified atom stereocenters. The average Bonchev–Trinajstić information content (AvgIpc) is 3.22. The summed E-state index contributed by atoms with van der Waals surface area (Å²) < 4.78 is 2.23. The fraction of sp³-hybridized carbons (Fsp3) is 0.276. The van der Waals surface area contributed by atoms with Crippen LogP contribution in [0.25, 0.3) is 38.4 Å². The van der Waals surface area contributed by atoms with E-state index in [0.29, 0.717) is 0 Å². The van der Waals surface area contributed by atoms with E-state index in [1.807, 2.05) is 12.3 Å². The van der Waals surface area contributed by atoms with Gasteiger partial charge in [0.15, 0.2) is 0 Å². The van der Waals surface area contributed by atoms with Gasteiger partial charge in [-0.2, -0.15) is 0 Å². The standard InChI is InChI=1S/C29H29N2.Li/c1-28(2,3)20-13-11-19(12-14-20)24-17-21(29(4,5)6)18-25-22-9-7-8-10-23(22)27-30-15-16-31(27)26(24)25;/h7-9,11-18H,1-6H3;/q-1;+1. The third-order valence-corrected chi connectivity index (χ3v) is 6.29. The molecule has 0 saturated heterocycles. The van der Waals surface area contributed by atoms with E-state index in [0.717, 1.165) is 11.0 Å². The molecule has 3 heteroatoms. The van der Waals surface area contributed by atoms with Crippen LogP contribution in [0.5, 0.6) is 0 Å². The Balaban J connectivity index is 0.00000245. The maximum absolute atomic E-state index is 4.68. The molecule has 0 spiro atoms. The molecule has 2 aromatic heterocycles. The molecule has 0 aliphatic carbocycles. The number of hydrogen-bond donors (Lipinski definition) is 0. The van der Waals surface area contributed by atoms with Crippen LogP contribution < -0.4 is 18.9 Å². The maximum atomic E-state index is 4.68. The third kappa shape index (κ3) is 3.66. The van der Waals surface area contributed by atoms with Crippen LogP contribution in [0.4, 0.5) is 0 Å². The molecule has 2 nitrogen and oxygen atoms in total. The molecule has 2 heterocycles. The van der Waals surface area contributed by atoms with Crippen molar-refractivity contribution in [2.45, 2.75) is 52.4 Å². The first-order chi connectivity index (χ1) is 14.6. The van der Waals surface area contributed by atoms with Gasteiger partial charge in [0.05, 0.1) is 5.65 Å². The van der Waals surface area contributed by atoms with Crippen LogP contribution in [-0.2, 0) is 10.8 Å². The monoisotopic (exact) mass is 412 g/mol. The Labute approximate surface area is 202 Å². The molecule has 0 radical (unpaired) electrons. The van der Waals surface area contributed by atoms with Gasteiger partial charge < -0.3 is 4.40 Å². The molecule has 0 N–H and O–H groups in total. The first-order valence-electron chi connectivity index (χ1n) is 11.0. The summed E-state index contributed by atoms with van der Waals surface area (Å²) in [4.78, 5) is 4.68. The Kier molecular flexibility index (Phi) is 5.52. The molecule has 0 aliphatic rings. The molecule has 0 atom stereocenters. The molecule has 3 aromatic carbocycles. The van der Waals surface area contributed by atoms with Crippen LogP contribution in [0, 0.1) is 6.07 Å². The Hall–Kier alpha value is -2.53. The Morgan fingerprint density at radius 1 is 0.812 bits per heavy atom. The number of hydrogen-bond acceptors (Lipinski definition) is 1. The predicted molar refractivity (Wildman–Crippen MR) is 132 cm³/mol. The summed E-state index contributed by atoms with van der Waals surface area (Å²) in [6.07, 6.45) is 3.96. The minimum Gasteiger partial charge on any atom is -0.340 e. The molecule has 32 heavy (non-hydrogen) atoms. The normalized spacial score (nSPS) is 12.4. The second kappa shape index (κ2) is 7.80. The molecule has 5 aromatic rings. The van der Waals surface area contributed by atoms with E-state index in [2.05, 4.69) is 112 Å². The van der Waals surface area contributed by atoms with Crippen LogP contribution >= 0.6 is 0 Å². The largest absolute Gasteiger partial charge is 1.00 e. The van der Waals surface area contributed by atoms with E-state index in [9.17, 15) is 0 Å². The van der Waals surface area contributed by atoms with Crippen LogP contribution in [0.3, 0.4) is 0 Å². The van der Waals surface area contributed by atoms with Crippen molar-refractivity contribution in [3.05, 3.63) is 84.2 Å². The summed E-state index contributed by atoms with van der Waals surface area (Å²) in [6.45, 7) is 13.6. The van der Waals surface area contributed by atoms with E-state index in [4.69, 9.17) is 0 Å². The minimum absolute atomic E-state index is 0.